The van der Waals surface area contributed by atoms with E-state index in [2.05, 4.69) is 0 Å². The summed E-state index contributed by atoms with van der Waals surface area (Å²) in [5.41, 5.74) is 0.694. The van der Waals surface area contributed by atoms with Crippen molar-refractivity contribution in [2.45, 2.75) is 58.5 Å². The molecule has 4 heterocycles. The molecule has 0 radical (unpaired) electrons. The highest BCUT2D eigenvalue weighted by molar-refractivity contribution is 5.88. The Labute approximate surface area is 237 Å². The number of ether oxygens (including phenoxy) is 3. The van der Waals surface area contributed by atoms with Crippen LogP contribution in [0.25, 0.3) is 22.3 Å². The van der Waals surface area contributed by atoms with Gasteiger partial charge in [0.05, 0.1) is 29.0 Å². The van der Waals surface area contributed by atoms with Crippen molar-refractivity contribution < 1.29 is 28.6 Å². The molecule has 216 valence electrons. The van der Waals surface area contributed by atoms with Crippen molar-refractivity contribution in [3.63, 3.8) is 0 Å². The molecule has 0 bridgehead atoms. The molecule has 2 aromatic heterocycles. The number of hydrogen-bond acceptors (Lipinski definition) is 8. The number of esters is 1. The van der Waals surface area contributed by atoms with Gasteiger partial charge in [-0.2, -0.15) is 0 Å². The van der Waals surface area contributed by atoms with E-state index in [1.165, 1.54) is 16.8 Å². The Hall–Kier alpha value is -4.41. The van der Waals surface area contributed by atoms with E-state index in [4.69, 9.17) is 19.2 Å². The maximum Gasteiger partial charge on any atom is 0.411 e. The predicted molar refractivity (Wildman–Crippen MR) is 150 cm³/mol. The predicted octanol–water partition coefficient (Wildman–Crippen LogP) is 4.02. The summed E-state index contributed by atoms with van der Waals surface area (Å²) in [7, 11) is 3.07. The zero-order valence-electron chi connectivity index (χ0n) is 24.1. The van der Waals surface area contributed by atoms with E-state index in [0.29, 0.717) is 23.5 Å². The molecule has 2 amide bonds. The average molecular weight is 563 g/mol. The standard InChI is InChI=1S/C30H34N4O7/c1-7-30(41-28(38)33(6)13-12-32(5)27(37)40-29(2,3)4)21-15-23-24-19(14-18-10-8-9-11-22(18)31-24)16-34(23)25(35)20(21)17-39-26(30)36/h8-11,14-15H,7,12-13,16-17H2,1-6H3/t30-/m0/s1. The first-order valence-electron chi connectivity index (χ1n) is 13.6. The normalized spacial score (nSPS) is 17.3. The number of para-hydroxylation sites is 1. The maximum absolute atomic E-state index is 13.7. The van der Waals surface area contributed by atoms with Crippen molar-refractivity contribution >= 4 is 29.1 Å². The molecule has 11 heteroatoms. The second-order valence-electron chi connectivity index (χ2n) is 11.5. The van der Waals surface area contributed by atoms with Gasteiger partial charge >= 0.3 is 18.2 Å². The number of aromatic nitrogens is 2. The highest BCUT2D eigenvalue weighted by Crippen LogP contribution is 2.41. The zero-order valence-corrected chi connectivity index (χ0v) is 24.1. The van der Waals surface area contributed by atoms with E-state index >= 15 is 0 Å². The number of pyridine rings is 2. The number of fused-ring (bicyclic) bond motifs is 5. The molecule has 1 aromatic carbocycles. The van der Waals surface area contributed by atoms with Gasteiger partial charge in [-0.1, -0.05) is 25.1 Å². The van der Waals surface area contributed by atoms with Crippen LogP contribution in [0.4, 0.5) is 9.59 Å². The molecule has 3 aromatic rings. The van der Waals surface area contributed by atoms with Crippen LogP contribution in [0, 0.1) is 0 Å². The first-order valence-corrected chi connectivity index (χ1v) is 13.6. The summed E-state index contributed by atoms with van der Waals surface area (Å²) in [4.78, 5) is 60.0. The van der Waals surface area contributed by atoms with Gasteiger partial charge in [-0.25, -0.2) is 19.4 Å². The molecule has 1 atom stereocenters. The molecule has 0 unspecified atom stereocenters. The van der Waals surface area contributed by atoms with Gasteiger partial charge in [-0.3, -0.25) is 4.79 Å². The molecule has 2 aliphatic rings. The third-order valence-electron chi connectivity index (χ3n) is 7.43. The third kappa shape index (κ3) is 5.00. The van der Waals surface area contributed by atoms with Gasteiger partial charge in [-0.15, -0.1) is 0 Å². The molecule has 0 N–H and O–H groups in total. The van der Waals surface area contributed by atoms with Crippen molar-refractivity contribution in [1.82, 2.24) is 19.4 Å². The SMILES string of the molecule is CC[C@@]1(OC(=O)N(C)CCN(C)C(=O)OC(C)(C)C)C(=O)OCc2c1cc1n(c2=O)Cc2cc3ccccc3nc2-1. The average Bonchev–Trinajstić information content (AvgIpc) is 3.28. The molecule has 41 heavy (non-hydrogen) atoms. The summed E-state index contributed by atoms with van der Waals surface area (Å²) in [6, 6.07) is 11.5. The summed E-state index contributed by atoms with van der Waals surface area (Å²) in [6.45, 7) is 7.43. The van der Waals surface area contributed by atoms with Crippen LogP contribution in [-0.2, 0) is 37.8 Å². The summed E-state index contributed by atoms with van der Waals surface area (Å²) < 4.78 is 18.3. The Morgan fingerprint density at radius 1 is 1.07 bits per heavy atom. The molecule has 5 rings (SSSR count). The van der Waals surface area contributed by atoms with Crippen molar-refractivity contribution in [2.75, 3.05) is 27.2 Å². The highest BCUT2D eigenvalue weighted by atomic mass is 16.6. The van der Waals surface area contributed by atoms with Crippen molar-refractivity contribution in [2.24, 2.45) is 0 Å². The van der Waals surface area contributed by atoms with Crippen LogP contribution in [0.3, 0.4) is 0 Å². The lowest BCUT2D eigenvalue weighted by molar-refractivity contribution is -0.173. The number of carbonyl (C=O) groups is 3. The number of likely N-dealkylation sites (N-methyl/N-ethyl adjacent to an activating group) is 2. The van der Waals surface area contributed by atoms with E-state index in [-0.39, 0.29) is 37.2 Å². The maximum atomic E-state index is 13.7. The molecular weight excluding hydrogens is 528 g/mol. The number of nitrogens with zero attached hydrogens (tertiary/aromatic N) is 4. The van der Waals surface area contributed by atoms with Gasteiger partial charge < -0.3 is 28.6 Å². The zero-order chi connectivity index (χ0) is 29.7. The Balaban J connectivity index is 1.44. The summed E-state index contributed by atoms with van der Waals surface area (Å²) >= 11 is 0. The number of carbonyl (C=O) groups excluding carboxylic acids is 3. The van der Waals surface area contributed by atoms with Gasteiger partial charge in [0.25, 0.3) is 5.56 Å². The Kier molecular flexibility index (Phi) is 7.00. The first kappa shape index (κ1) is 28.1. The largest absolute Gasteiger partial charge is 0.457 e. The van der Waals surface area contributed by atoms with Gasteiger partial charge in [0.15, 0.2) is 0 Å². The fourth-order valence-electron chi connectivity index (χ4n) is 5.13. The lowest BCUT2D eigenvalue weighted by Gasteiger charge is -2.36. The van der Waals surface area contributed by atoms with E-state index in [9.17, 15) is 19.2 Å². The van der Waals surface area contributed by atoms with Crippen molar-refractivity contribution in [3.05, 3.63) is 63.4 Å². The second kappa shape index (κ2) is 10.2. The van der Waals surface area contributed by atoms with Crippen LogP contribution in [-0.4, -0.2) is 70.3 Å². The van der Waals surface area contributed by atoms with Crippen molar-refractivity contribution in [1.29, 1.82) is 0 Å². The number of benzene rings is 1. The lowest BCUT2D eigenvalue weighted by atomic mass is 9.85. The Morgan fingerprint density at radius 2 is 1.76 bits per heavy atom. The van der Waals surface area contributed by atoms with E-state index in [1.807, 2.05) is 30.3 Å². The molecule has 0 spiro atoms. The summed E-state index contributed by atoms with van der Waals surface area (Å²) in [5, 5.41) is 0.965. The van der Waals surface area contributed by atoms with E-state index < -0.39 is 29.4 Å². The van der Waals surface area contributed by atoms with Crippen LogP contribution in [0.1, 0.15) is 50.8 Å². The minimum atomic E-state index is -1.82. The highest BCUT2D eigenvalue weighted by Gasteiger charge is 2.51. The molecule has 0 aliphatic carbocycles. The first-order chi connectivity index (χ1) is 19.3. The number of hydrogen-bond donors (Lipinski definition) is 0. The smallest absolute Gasteiger partial charge is 0.411 e. The van der Waals surface area contributed by atoms with Crippen LogP contribution in [0.2, 0.25) is 0 Å². The van der Waals surface area contributed by atoms with Crippen LogP contribution in [0.5, 0.6) is 0 Å². The van der Waals surface area contributed by atoms with Gasteiger partial charge in [0.1, 0.15) is 12.2 Å². The van der Waals surface area contributed by atoms with E-state index in [0.717, 1.165) is 16.5 Å². The van der Waals surface area contributed by atoms with Crippen LogP contribution >= 0.6 is 0 Å². The number of amides is 2. The lowest BCUT2D eigenvalue weighted by Crippen LogP contribution is -2.49. The molecule has 11 nitrogen and oxygen atoms in total. The quantitative estimate of drug-likeness (QED) is 0.264. The molecular formula is C30H34N4O7. The second-order valence-corrected chi connectivity index (χ2v) is 11.5. The third-order valence-corrected chi connectivity index (χ3v) is 7.43. The summed E-state index contributed by atoms with van der Waals surface area (Å²) in [5.74, 6) is -0.742. The van der Waals surface area contributed by atoms with Gasteiger partial charge in [0, 0.05) is 43.7 Å². The Bertz CT molecular complexity index is 1620. The Morgan fingerprint density at radius 3 is 2.44 bits per heavy atom. The molecule has 0 saturated carbocycles. The molecule has 0 fully saturated rings. The minimum Gasteiger partial charge on any atom is -0.457 e. The number of rotatable bonds is 5. The fraction of sp³-hybridized carbons (Fsp3) is 0.433. The fourth-order valence-corrected chi connectivity index (χ4v) is 5.13. The topological polar surface area (TPSA) is 120 Å². The van der Waals surface area contributed by atoms with Crippen molar-refractivity contribution in [3.8, 4) is 11.4 Å². The monoisotopic (exact) mass is 562 g/mol. The van der Waals surface area contributed by atoms with Crippen LogP contribution in [0.15, 0.2) is 41.2 Å². The number of cyclic esters (lactones) is 1. The van der Waals surface area contributed by atoms with Gasteiger partial charge in [-0.05, 0) is 45.4 Å². The van der Waals surface area contributed by atoms with E-state index in [1.54, 1.807) is 45.4 Å². The minimum absolute atomic E-state index is 0.0527. The van der Waals surface area contributed by atoms with Crippen LogP contribution < -0.4 is 5.56 Å². The molecule has 2 aliphatic heterocycles. The van der Waals surface area contributed by atoms with Gasteiger partial charge in [0.2, 0.25) is 5.60 Å². The summed E-state index contributed by atoms with van der Waals surface area (Å²) in [6.07, 6.45) is -1.26. The molecule has 0 saturated heterocycles.